The number of thiophene rings is 1. The summed E-state index contributed by atoms with van der Waals surface area (Å²) < 4.78 is 0. The highest BCUT2D eigenvalue weighted by atomic mass is 32.1. The van der Waals surface area contributed by atoms with Gasteiger partial charge in [0.05, 0.1) is 6.04 Å². The minimum Gasteiger partial charge on any atom is -0.368 e. The predicted molar refractivity (Wildman–Crippen MR) is 131 cm³/mol. The molecule has 1 aromatic carbocycles. The number of ketones is 1. The van der Waals surface area contributed by atoms with Crippen LogP contribution in [0.2, 0.25) is 0 Å². The van der Waals surface area contributed by atoms with Gasteiger partial charge in [0.1, 0.15) is 0 Å². The van der Waals surface area contributed by atoms with Crippen molar-refractivity contribution < 1.29 is 9.59 Å². The average Bonchev–Trinajstić information content (AvgIpc) is 3.35. The molecule has 4 rings (SSSR count). The van der Waals surface area contributed by atoms with Gasteiger partial charge in [-0.15, -0.1) is 11.3 Å². The molecule has 0 bridgehead atoms. The molecule has 1 unspecified atom stereocenters. The second-order valence-electron chi connectivity index (χ2n) is 9.01. The normalized spacial score (nSPS) is 19.1. The Hall–Kier alpha value is -2.38. The van der Waals surface area contributed by atoms with E-state index in [1.807, 2.05) is 29.2 Å². The Morgan fingerprint density at radius 2 is 1.72 bits per heavy atom. The molecule has 1 aromatic heterocycles. The lowest BCUT2D eigenvalue weighted by atomic mass is 9.97. The van der Waals surface area contributed by atoms with Crippen LogP contribution < -0.4 is 10.2 Å². The number of amides is 2. The maximum atomic E-state index is 12.9. The molecule has 7 heteroatoms. The van der Waals surface area contributed by atoms with Crippen LogP contribution in [-0.4, -0.2) is 67.4 Å². The SMILES string of the molecule is CC(=O)c1ccc(N2CCN(C(=O)NCC(c3cccs3)N3CCC(C)CC3)CC2)cc1. The van der Waals surface area contributed by atoms with E-state index in [-0.39, 0.29) is 17.9 Å². The van der Waals surface area contributed by atoms with Gasteiger partial charge in [0, 0.05) is 48.9 Å². The van der Waals surface area contributed by atoms with Crippen molar-refractivity contribution in [3.05, 3.63) is 52.2 Å². The molecule has 32 heavy (non-hydrogen) atoms. The lowest BCUT2D eigenvalue weighted by Crippen LogP contribution is -2.53. The number of carbonyl (C=O) groups excluding carboxylic acids is 2. The van der Waals surface area contributed by atoms with Gasteiger partial charge in [0.2, 0.25) is 0 Å². The van der Waals surface area contributed by atoms with Crippen LogP contribution in [0.25, 0.3) is 0 Å². The summed E-state index contributed by atoms with van der Waals surface area (Å²) in [5.41, 5.74) is 1.84. The van der Waals surface area contributed by atoms with E-state index < -0.39 is 0 Å². The maximum Gasteiger partial charge on any atom is 0.317 e. The molecule has 6 nitrogen and oxygen atoms in total. The second-order valence-corrected chi connectivity index (χ2v) is 9.99. The summed E-state index contributed by atoms with van der Waals surface area (Å²) in [5, 5.41) is 5.34. The third-order valence-corrected chi connectivity index (χ3v) is 7.76. The number of rotatable bonds is 6. The average molecular weight is 455 g/mol. The van der Waals surface area contributed by atoms with E-state index in [4.69, 9.17) is 0 Å². The summed E-state index contributed by atoms with van der Waals surface area (Å²) in [7, 11) is 0. The van der Waals surface area contributed by atoms with Crippen molar-refractivity contribution in [2.24, 2.45) is 5.92 Å². The Morgan fingerprint density at radius 3 is 2.31 bits per heavy atom. The first-order valence-electron chi connectivity index (χ1n) is 11.7. The lowest BCUT2D eigenvalue weighted by Gasteiger charge is -2.38. The number of hydrogen-bond acceptors (Lipinski definition) is 5. The van der Waals surface area contributed by atoms with Gasteiger partial charge in [-0.05, 0) is 74.5 Å². The molecule has 2 aliphatic rings. The van der Waals surface area contributed by atoms with Gasteiger partial charge in [-0.1, -0.05) is 13.0 Å². The fraction of sp³-hybridized carbons (Fsp3) is 0.520. The monoisotopic (exact) mass is 454 g/mol. The van der Waals surface area contributed by atoms with Gasteiger partial charge in [-0.25, -0.2) is 4.79 Å². The van der Waals surface area contributed by atoms with Gasteiger partial charge in [0.25, 0.3) is 0 Å². The fourth-order valence-corrected chi connectivity index (χ4v) is 5.46. The second kappa shape index (κ2) is 10.5. The van der Waals surface area contributed by atoms with Crippen LogP contribution in [0.3, 0.4) is 0 Å². The molecule has 0 radical (unpaired) electrons. The Labute approximate surface area is 195 Å². The Bertz CT molecular complexity index is 883. The molecule has 0 aliphatic carbocycles. The number of likely N-dealkylation sites (tertiary alicyclic amines) is 1. The molecule has 2 fully saturated rings. The zero-order valence-corrected chi connectivity index (χ0v) is 19.9. The van der Waals surface area contributed by atoms with E-state index in [2.05, 4.69) is 39.6 Å². The van der Waals surface area contributed by atoms with Gasteiger partial charge in [-0.3, -0.25) is 9.69 Å². The van der Waals surface area contributed by atoms with Crippen molar-refractivity contribution in [2.75, 3.05) is 50.7 Å². The zero-order chi connectivity index (χ0) is 22.5. The van der Waals surface area contributed by atoms with Crippen LogP contribution in [0.1, 0.15) is 48.0 Å². The number of piperidine rings is 1. The summed E-state index contributed by atoms with van der Waals surface area (Å²) in [5.74, 6) is 0.873. The highest BCUT2D eigenvalue weighted by Crippen LogP contribution is 2.29. The van der Waals surface area contributed by atoms with Crippen molar-refractivity contribution in [3.8, 4) is 0 Å². The van der Waals surface area contributed by atoms with Gasteiger partial charge in [0.15, 0.2) is 5.78 Å². The third kappa shape index (κ3) is 5.51. The van der Waals surface area contributed by atoms with Crippen molar-refractivity contribution in [1.29, 1.82) is 0 Å². The zero-order valence-electron chi connectivity index (χ0n) is 19.1. The fourth-order valence-electron chi connectivity index (χ4n) is 4.60. The van der Waals surface area contributed by atoms with E-state index in [0.29, 0.717) is 19.6 Å². The van der Waals surface area contributed by atoms with E-state index in [0.717, 1.165) is 43.3 Å². The number of piperazine rings is 1. The first-order chi connectivity index (χ1) is 15.5. The summed E-state index contributed by atoms with van der Waals surface area (Å²) in [4.78, 5) is 32.5. The van der Waals surface area contributed by atoms with Crippen LogP contribution in [0.5, 0.6) is 0 Å². The molecule has 2 saturated heterocycles. The smallest absolute Gasteiger partial charge is 0.317 e. The van der Waals surface area contributed by atoms with E-state index in [1.54, 1.807) is 18.3 Å². The van der Waals surface area contributed by atoms with Gasteiger partial charge < -0.3 is 15.1 Å². The predicted octanol–water partition coefficient (Wildman–Crippen LogP) is 4.26. The highest BCUT2D eigenvalue weighted by Gasteiger charge is 2.27. The van der Waals surface area contributed by atoms with Gasteiger partial charge in [-0.2, -0.15) is 0 Å². The van der Waals surface area contributed by atoms with Crippen molar-refractivity contribution in [1.82, 2.24) is 15.1 Å². The molecular formula is C25H34N4O2S. The summed E-state index contributed by atoms with van der Waals surface area (Å²) in [6.45, 7) is 9.76. The molecule has 2 amide bonds. The number of anilines is 1. The molecule has 0 saturated carbocycles. The Morgan fingerprint density at radius 1 is 1.03 bits per heavy atom. The van der Waals surface area contributed by atoms with Crippen LogP contribution in [-0.2, 0) is 0 Å². The lowest BCUT2D eigenvalue weighted by molar-refractivity contribution is 0.101. The molecular weight excluding hydrogens is 420 g/mol. The molecule has 172 valence electrons. The molecule has 2 aliphatic heterocycles. The minimum atomic E-state index is 0.0310. The van der Waals surface area contributed by atoms with Crippen LogP contribution in [0.4, 0.5) is 10.5 Å². The third-order valence-electron chi connectivity index (χ3n) is 6.78. The first kappa shape index (κ1) is 22.8. The number of nitrogens with zero attached hydrogens (tertiary/aromatic N) is 3. The largest absolute Gasteiger partial charge is 0.368 e. The molecule has 2 aromatic rings. The van der Waals surface area contributed by atoms with Crippen LogP contribution >= 0.6 is 11.3 Å². The minimum absolute atomic E-state index is 0.0310. The number of urea groups is 1. The Kier molecular flexibility index (Phi) is 7.48. The molecule has 1 atom stereocenters. The number of benzene rings is 1. The molecule has 0 spiro atoms. The number of carbonyl (C=O) groups is 2. The van der Waals surface area contributed by atoms with Crippen molar-refractivity contribution in [3.63, 3.8) is 0 Å². The molecule has 1 N–H and O–H groups in total. The topological polar surface area (TPSA) is 55.9 Å². The summed E-state index contributed by atoms with van der Waals surface area (Å²) in [6.07, 6.45) is 2.45. The van der Waals surface area contributed by atoms with Gasteiger partial charge >= 0.3 is 6.03 Å². The summed E-state index contributed by atoms with van der Waals surface area (Å²) >= 11 is 1.78. The van der Waals surface area contributed by atoms with Crippen LogP contribution in [0, 0.1) is 5.92 Å². The number of Topliss-reactive ketones (excluding diaryl/α,β-unsaturated/α-hetero) is 1. The quantitative estimate of drug-likeness (QED) is 0.663. The van der Waals surface area contributed by atoms with E-state index in [9.17, 15) is 9.59 Å². The Balaban J connectivity index is 1.29. The first-order valence-corrected chi connectivity index (χ1v) is 12.6. The van der Waals surface area contributed by atoms with E-state index in [1.165, 1.54) is 17.7 Å². The summed E-state index contributed by atoms with van der Waals surface area (Å²) in [6, 6.07) is 12.3. The molecule has 3 heterocycles. The standard InChI is InChI=1S/C25H34N4O2S/c1-19-9-11-28(12-10-19)23(24-4-3-17-32-24)18-26-25(31)29-15-13-27(14-16-29)22-7-5-21(6-8-22)20(2)30/h3-8,17,19,23H,9-16,18H2,1-2H3,(H,26,31). The maximum absolute atomic E-state index is 12.9. The van der Waals surface area contributed by atoms with Crippen molar-refractivity contribution >= 4 is 28.8 Å². The number of hydrogen-bond donors (Lipinski definition) is 1. The van der Waals surface area contributed by atoms with Crippen LogP contribution in [0.15, 0.2) is 41.8 Å². The number of nitrogens with one attached hydrogen (secondary N) is 1. The van der Waals surface area contributed by atoms with Crippen molar-refractivity contribution in [2.45, 2.75) is 32.7 Å². The van der Waals surface area contributed by atoms with E-state index >= 15 is 0 Å². The highest BCUT2D eigenvalue weighted by molar-refractivity contribution is 7.10.